The van der Waals surface area contributed by atoms with Gasteiger partial charge in [0.15, 0.2) is 5.82 Å². The van der Waals surface area contributed by atoms with Crippen LogP contribution in [0.3, 0.4) is 0 Å². The number of nitrogens with two attached hydrogens (primary N) is 1. The van der Waals surface area contributed by atoms with Gasteiger partial charge in [-0.1, -0.05) is 19.8 Å². The molecule has 1 heterocycles. The fraction of sp³-hybridized carbons (Fsp3) is 0.636. The van der Waals surface area contributed by atoms with E-state index in [0.717, 1.165) is 24.2 Å². The molecule has 0 saturated heterocycles. The molecule has 0 aromatic carbocycles. The highest BCUT2D eigenvalue weighted by atomic mass is 15.3. The first kappa shape index (κ1) is 11.1. The zero-order chi connectivity index (χ0) is 11.4. The van der Waals surface area contributed by atoms with E-state index in [0.29, 0.717) is 5.82 Å². The Hall–Kier alpha value is -1.36. The third-order valence-electron chi connectivity index (χ3n) is 3.37. The van der Waals surface area contributed by atoms with Crippen LogP contribution in [-0.2, 0) is 0 Å². The number of nitrogens with zero attached hydrogens (tertiary/aromatic N) is 2. The summed E-state index contributed by atoms with van der Waals surface area (Å²) < 4.78 is 0. The van der Waals surface area contributed by atoms with Gasteiger partial charge in [-0.3, -0.25) is 4.98 Å². The molecule has 2 atom stereocenters. The molecule has 0 aliphatic heterocycles. The highest BCUT2D eigenvalue weighted by Gasteiger charge is 2.22. The highest BCUT2D eigenvalue weighted by molar-refractivity contribution is 5.40. The Kier molecular flexibility index (Phi) is 3.56. The van der Waals surface area contributed by atoms with Gasteiger partial charge in [0.2, 0.25) is 0 Å². The minimum Gasteiger partial charge on any atom is -0.368 e. The van der Waals surface area contributed by atoms with E-state index in [2.05, 4.69) is 27.6 Å². The first-order valence-corrected chi connectivity index (χ1v) is 5.82. The second-order valence-electron chi connectivity index (χ2n) is 4.48. The van der Waals surface area contributed by atoms with Crippen LogP contribution in [0.1, 0.15) is 26.2 Å². The summed E-state index contributed by atoms with van der Waals surface area (Å²) in [6.45, 7) is 3.30. The van der Waals surface area contributed by atoms with Crippen molar-refractivity contribution >= 4 is 11.6 Å². The standard InChI is InChI=1S/C11H19N5/c1-8-3-2-4-9(8)5-14-10-6-13-7-11(15-10)16-12/h6-9H,2-5,12H2,1H3,(H2,14,15,16). The fourth-order valence-electron chi connectivity index (χ4n) is 2.28. The zero-order valence-electron chi connectivity index (χ0n) is 9.61. The van der Waals surface area contributed by atoms with Crippen molar-refractivity contribution in [2.75, 3.05) is 17.3 Å². The van der Waals surface area contributed by atoms with Gasteiger partial charge in [-0.15, -0.1) is 0 Å². The first-order valence-electron chi connectivity index (χ1n) is 5.82. The van der Waals surface area contributed by atoms with E-state index < -0.39 is 0 Å². The maximum absolute atomic E-state index is 5.28. The molecule has 1 aromatic heterocycles. The summed E-state index contributed by atoms with van der Waals surface area (Å²) in [5.74, 6) is 8.23. The Bertz CT molecular complexity index is 341. The molecule has 16 heavy (non-hydrogen) atoms. The summed E-state index contributed by atoms with van der Waals surface area (Å²) in [4.78, 5) is 8.32. The largest absolute Gasteiger partial charge is 0.368 e. The van der Waals surface area contributed by atoms with Crippen LogP contribution in [0.2, 0.25) is 0 Å². The number of hydrazine groups is 1. The lowest BCUT2D eigenvalue weighted by Gasteiger charge is -2.16. The van der Waals surface area contributed by atoms with E-state index in [1.165, 1.54) is 19.3 Å². The molecule has 1 saturated carbocycles. The Labute approximate surface area is 95.8 Å². The van der Waals surface area contributed by atoms with E-state index in [9.17, 15) is 0 Å². The molecule has 1 aliphatic rings. The lowest BCUT2D eigenvalue weighted by atomic mass is 9.98. The van der Waals surface area contributed by atoms with Crippen LogP contribution in [-0.4, -0.2) is 16.5 Å². The molecule has 5 nitrogen and oxygen atoms in total. The molecule has 0 spiro atoms. The van der Waals surface area contributed by atoms with Crippen molar-refractivity contribution in [1.29, 1.82) is 0 Å². The number of nitrogen functional groups attached to an aromatic ring is 1. The van der Waals surface area contributed by atoms with Crippen molar-refractivity contribution < 1.29 is 0 Å². The maximum Gasteiger partial charge on any atom is 0.160 e. The average Bonchev–Trinajstić information content (AvgIpc) is 2.72. The van der Waals surface area contributed by atoms with Crippen molar-refractivity contribution in [2.45, 2.75) is 26.2 Å². The Morgan fingerprint density at radius 1 is 1.38 bits per heavy atom. The number of anilines is 2. The van der Waals surface area contributed by atoms with Crippen molar-refractivity contribution in [3.63, 3.8) is 0 Å². The number of rotatable bonds is 4. The Morgan fingerprint density at radius 3 is 2.88 bits per heavy atom. The average molecular weight is 221 g/mol. The molecule has 5 heteroatoms. The Morgan fingerprint density at radius 2 is 2.19 bits per heavy atom. The van der Waals surface area contributed by atoms with E-state index in [1.807, 2.05) is 0 Å². The minimum absolute atomic E-state index is 0.587. The summed E-state index contributed by atoms with van der Waals surface area (Å²) >= 11 is 0. The second-order valence-corrected chi connectivity index (χ2v) is 4.48. The number of hydrogen-bond donors (Lipinski definition) is 3. The summed E-state index contributed by atoms with van der Waals surface area (Å²) in [7, 11) is 0. The summed E-state index contributed by atoms with van der Waals surface area (Å²) in [5, 5.41) is 3.32. The minimum atomic E-state index is 0.587. The third kappa shape index (κ3) is 2.61. The molecule has 1 aromatic rings. The van der Waals surface area contributed by atoms with Gasteiger partial charge in [0, 0.05) is 6.54 Å². The highest BCUT2D eigenvalue weighted by Crippen LogP contribution is 2.30. The van der Waals surface area contributed by atoms with Crippen LogP contribution in [0, 0.1) is 11.8 Å². The maximum atomic E-state index is 5.28. The van der Waals surface area contributed by atoms with E-state index in [-0.39, 0.29) is 0 Å². The predicted molar refractivity (Wildman–Crippen MR) is 64.8 cm³/mol. The van der Waals surface area contributed by atoms with Crippen LogP contribution in [0.25, 0.3) is 0 Å². The summed E-state index contributed by atoms with van der Waals surface area (Å²) in [5.41, 5.74) is 2.49. The van der Waals surface area contributed by atoms with Crippen LogP contribution in [0.15, 0.2) is 12.4 Å². The van der Waals surface area contributed by atoms with Gasteiger partial charge < -0.3 is 10.7 Å². The van der Waals surface area contributed by atoms with Gasteiger partial charge in [-0.05, 0) is 18.3 Å². The monoisotopic (exact) mass is 221 g/mol. The molecular weight excluding hydrogens is 202 g/mol. The van der Waals surface area contributed by atoms with Crippen molar-refractivity contribution in [3.8, 4) is 0 Å². The van der Waals surface area contributed by atoms with Crippen LogP contribution >= 0.6 is 0 Å². The lowest BCUT2D eigenvalue weighted by Crippen LogP contribution is -2.17. The molecule has 1 fully saturated rings. The fourth-order valence-corrected chi connectivity index (χ4v) is 2.28. The zero-order valence-corrected chi connectivity index (χ0v) is 9.61. The molecule has 0 bridgehead atoms. The molecule has 88 valence electrons. The molecule has 4 N–H and O–H groups in total. The van der Waals surface area contributed by atoms with Crippen molar-refractivity contribution in [1.82, 2.24) is 9.97 Å². The number of nitrogens with one attached hydrogen (secondary N) is 2. The van der Waals surface area contributed by atoms with E-state index in [4.69, 9.17) is 5.84 Å². The molecule has 2 unspecified atom stereocenters. The third-order valence-corrected chi connectivity index (χ3v) is 3.37. The van der Waals surface area contributed by atoms with Gasteiger partial charge in [0.25, 0.3) is 0 Å². The first-order chi connectivity index (χ1) is 7.79. The van der Waals surface area contributed by atoms with Gasteiger partial charge >= 0.3 is 0 Å². The van der Waals surface area contributed by atoms with Crippen LogP contribution in [0.5, 0.6) is 0 Å². The molecule has 1 aliphatic carbocycles. The van der Waals surface area contributed by atoms with E-state index >= 15 is 0 Å². The topological polar surface area (TPSA) is 75.9 Å². The molecule has 2 rings (SSSR count). The predicted octanol–water partition coefficient (Wildman–Crippen LogP) is 1.61. The smallest absolute Gasteiger partial charge is 0.160 e. The van der Waals surface area contributed by atoms with Crippen molar-refractivity contribution in [2.24, 2.45) is 17.7 Å². The van der Waals surface area contributed by atoms with Crippen molar-refractivity contribution in [3.05, 3.63) is 12.4 Å². The normalized spacial score (nSPS) is 24.4. The van der Waals surface area contributed by atoms with Gasteiger partial charge in [-0.25, -0.2) is 10.8 Å². The second kappa shape index (κ2) is 5.12. The van der Waals surface area contributed by atoms with Gasteiger partial charge in [0.05, 0.1) is 12.4 Å². The number of hydrogen-bond acceptors (Lipinski definition) is 5. The number of aromatic nitrogens is 2. The summed E-state index contributed by atoms with van der Waals surface area (Å²) in [6.07, 6.45) is 7.34. The van der Waals surface area contributed by atoms with E-state index in [1.54, 1.807) is 12.4 Å². The van der Waals surface area contributed by atoms with Crippen LogP contribution < -0.4 is 16.6 Å². The molecule has 0 radical (unpaired) electrons. The lowest BCUT2D eigenvalue weighted by molar-refractivity contribution is 0.439. The SMILES string of the molecule is CC1CCCC1CNc1cncc(NN)n1. The Balaban J connectivity index is 1.88. The molecule has 0 amide bonds. The molecular formula is C11H19N5. The van der Waals surface area contributed by atoms with Gasteiger partial charge in [0.1, 0.15) is 5.82 Å². The van der Waals surface area contributed by atoms with Gasteiger partial charge in [-0.2, -0.15) is 0 Å². The quantitative estimate of drug-likeness (QED) is 0.532. The van der Waals surface area contributed by atoms with Crippen LogP contribution in [0.4, 0.5) is 11.6 Å². The summed E-state index contributed by atoms with van der Waals surface area (Å²) in [6, 6.07) is 0.